The summed E-state index contributed by atoms with van der Waals surface area (Å²) in [6.07, 6.45) is -4.52. The second kappa shape index (κ2) is 7.17. The van der Waals surface area contributed by atoms with Gasteiger partial charge < -0.3 is 0 Å². The second-order valence-corrected chi connectivity index (χ2v) is 7.74. The van der Waals surface area contributed by atoms with E-state index in [1.807, 2.05) is 0 Å². The largest absolute Gasteiger partial charge is 0.411 e. The maximum atomic E-state index is 13.3. The van der Waals surface area contributed by atoms with Crippen LogP contribution in [0.1, 0.15) is 5.56 Å². The van der Waals surface area contributed by atoms with Crippen LogP contribution in [0, 0.1) is 12.7 Å². The van der Waals surface area contributed by atoms with E-state index in [0.717, 1.165) is 23.8 Å². The normalized spacial score (nSPS) is 12.6. The van der Waals surface area contributed by atoms with Crippen molar-refractivity contribution in [2.75, 3.05) is 4.31 Å². The number of hydrogen-bond acceptors (Lipinski definition) is 2. The minimum Gasteiger partial charge on any atom is -0.241 e. The Labute approximate surface area is 150 Å². The molecule has 0 aliphatic heterocycles. The SMILES string of the molecule is Cc1ccc(S(=O)(=O)N(/C=C/C(F)(F)F)c2ccc(F)cc2Br)cc1. The average molecular weight is 438 g/mol. The quantitative estimate of drug-likeness (QED) is 0.618. The molecular formula is C16H12BrF4NO2S. The standard InChI is InChI=1S/C16H12BrF4NO2S/c1-11-2-5-13(6-3-11)25(23,24)22(9-8-16(19,20)21)15-7-4-12(18)10-14(15)17/h2-10H,1H3/b9-8+. The maximum absolute atomic E-state index is 13.3. The van der Waals surface area contributed by atoms with Gasteiger partial charge in [-0.2, -0.15) is 13.2 Å². The number of hydrogen-bond donors (Lipinski definition) is 0. The minimum atomic E-state index is -4.71. The number of benzene rings is 2. The van der Waals surface area contributed by atoms with Crippen LogP contribution in [-0.4, -0.2) is 14.6 Å². The van der Waals surface area contributed by atoms with Gasteiger partial charge in [0.25, 0.3) is 10.0 Å². The van der Waals surface area contributed by atoms with Crippen molar-refractivity contribution in [3.8, 4) is 0 Å². The number of halogens is 5. The van der Waals surface area contributed by atoms with Gasteiger partial charge in [-0.3, -0.25) is 0 Å². The molecule has 0 saturated carbocycles. The lowest BCUT2D eigenvalue weighted by molar-refractivity contribution is -0.0799. The molecule has 0 saturated heterocycles. The Morgan fingerprint density at radius 3 is 2.20 bits per heavy atom. The first-order valence-electron chi connectivity index (χ1n) is 6.83. The van der Waals surface area contributed by atoms with Gasteiger partial charge in [-0.15, -0.1) is 0 Å². The van der Waals surface area contributed by atoms with Crippen LogP contribution in [0.3, 0.4) is 0 Å². The first-order valence-corrected chi connectivity index (χ1v) is 9.06. The molecule has 0 bridgehead atoms. The van der Waals surface area contributed by atoms with Crippen LogP contribution in [0.2, 0.25) is 0 Å². The molecule has 0 aromatic heterocycles. The van der Waals surface area contributed by atoms with Crippen molar-refractivity contribution < 1.29 is 26.0 Å². The molecule has 2 aromatic carbocycles. The predicted octanol–water partition coefficient (Wildman–Crippen LogP) is 5.17. The lowest BCUT2D eigenvalue weighted by Crippen LogP contribution is -2.26. The number of nitrogens with zero attached hydrogens (tertiary/aromatic N) is 1. The molecule has 0 heterocycles. The molecule has 0 fully saturated rings. The number of rotatable bonds is 4. The van der Waals surface area contributed by atoms with Crippen LogP contribution >= 0.6 is 15.9 Å². The summed E-state index contributed by atoms with van der Waals surface area (Å²) in [5.41, 5.74) is 0.641. The molecule has 0 unspecified atom stereocenters. The molecule has 0 spiro atoms. The third-order valence-electron chi connectivity index (χ3n) is 3.12. The molecule has 0 N–H and O–H groups in total. The van der Waals surface area contributed by atoms with Crippen molar-refractivity contribution in [3.63, 3.8) is 0 Å². The average Bonchev–Trinajstić information content (AvgIpc) is 2.48. The highest BCUT2D eigenvalue weighted by atomic mass is 79.9. The summed E-state index contributed by atoms with van der Waals surface area (Å²) in [6, 6.07) is 8.63. The Morgan fingerprint density at radius 1 is 1.08 bits per heavy atom. The minimum absolute atomic E-state index is 0.00462. The van der Waals surface area contributed by atoms with Crippen molar-refractivity contribution >= 4 is 31.6 Å². The Hall–Kier alpha value is -1.87. The molecule has 0 aliphatic carbocycles. The van der Waals surface area contributed by atoms with E-state index in [2.05, 4.69) is 15.9 Å². The first kappa shape index (κ1) is 19.5. The van der Waals surface area contributed by atoms with Crippen molar-refractivity contribution in [2.24, 2.45) is 0 Å². The topological polar surface area (TPSA) is 37.4 Å². The fourth-order valence-electron chi connectivity index (χ4n) is 1.93. The summed E-state index contributed by atoms with van der Waals surface area (Å²) in [4.78, 5) is -0.193. The van der Waals surface area contributed by atoms with Crippen LogP contribution in [-0.2, 0) is 10.0 Å². The summed E-state index contributed by atoms with van der Waals surface area (Å²) >= 11 is 2.98. The molecule has 3 nitrogen and oxygen atoms in total. The lowest BCUT2D eigenvalue weighted by atomic mass is 10.2. The fraction of sp³-hybridized carbons (Fsp3) is 0.125. The smallest absolute Gasteiger partial charge is 0.241 e. The van der Waals surface area contributed by atoms with Crippen molar-refractivity contribution in [3.05, 3.63) is 70.6 Å². The molecule has 9 heteroatoms. The third-order valence-corrected chi connectivity index (χ3v) is 5.46. The van der Waals surface area contributed by atoms with Gasteiger partial charge in [-0.25, -0.2) is 17.1 Å². The van der Waals surface area contributed by atoms with Gasteiger partial charge in [-0.05, 0) is 53.2 Å². The predicted molar refractivity (Wildman–Crippen MR) is 90.1 cm³/mol. The van der Waals surface area contributed by atoms with E-state index in [-0.39, 0.29) is 21.1 Å². The summed E-state index contributed by atoms with van der Waals surface area (Å²) in [5.74, 6) is -0.664. The van der Waals surface area contributed by atoms with Crippen molar-refractivity contribution in [1.29, 1.82) is 0 Å². The van der Waals surface area contributed by atoms with E-state index in [1.165, 1.54) is 24.3 Å². The van der Waals surface area contributed by atoms with Gasteiger partial charge in [0.2, 0.25) is 0 Å². The van der Waals surface area contributed by atoms with E-state index in [9.17, 15) is 26.0 Å². The van der Waals surface area contributed by atoms with Gasteiger partial charge in [0.1, 0.15) is 5.82 Å². The monoisotopic (exact) mass is 437 g/mol. The molecule has 2 rings (SSSR count). The molecule has 0 amide bonds. The molecule has 134 valence electrons. The Kier molecular flexibility index (Phi) is 5.58. The van der Waals surface area contributed by atoms with E-state index < -0.39 is 22.0 Å². The highest BCUT2D eigenvalue weighted by Gasteiger charge is 2.28. The summed E-state index contributed by atoms with van der Waals surface area (Å²) in [7, 11) is -4.33. The van der Waals surface area contributed by atoms with Crippen LogP contribution in [0.15, 0.2) is 64.1 Å². The fourth-order valence-corrected chi connectivity index (χ4v) is 3.93. The highest BCUT2D eigenvalue weighted by Crippen LogP contribution is 2.32. The molecule has 0 atom stereocenters. The summed E-state index contributed by atoms with van der Waals surface area (Å²) < 4.78 is 77.0. The number of anilines is 1. The summed E-state index contributed by atoms with van der Waals surface area (Å²) in [6.45, 7) is 1.74. The third kappa shape index (κ3) is 4.82. The Balaban J connectivity index is 2.62. The molecule has 2 aromatic rings. The van der Waals surface area contributed by atoms with Crippen LogP contribution in [0.5, 0.6) is 0 Å². The molecule has 0 radical (unpaired) electrons. The zero-order chi connectivity index (χ0) is 18.8. The zero-order valence-electron chi connectivity index (χ0n) is 12.8. The van der Waals surface area contributed by atoms with Gasteiger partial charge in [-0.1, -0.05) is 17.7 Å². The molecular weight excluding hydrogens is 426 g/mol. The van der Waals surface area contributed by atoms with Gasteiger partial charge in [0.15, 0.2) is 0 Å². The van der Waals surface area contributed by atoms with E-state index >= 15 is 0 Å². The number of allylic oxidation sites excluding steroid dienone is 1. The van der Waals surface area contributed by atoms with Crippen LogP contribution in [0.25, 0.3) is 0 Å². The first-order chi connectivity index (χ1) is 11.5. The number of aryl methyl sites for hydroxylation is 1. The Morgan fingerprint density at radius 2 is 1.68 bits per heavy atom. The van der Waals surface area contributed by atoms with Crippen molar-refractivity contribution in [2.45, 2.75) is 18.0 Å². The number of sulfonamides is 1. The maximum Gasteiger partial charge on any atom is 0.411 e. The van der Waals surface area contributed by atoms with E-state index in [1.54, 1.807) is 6.92 Å². The van der Waals surface area contributed by atoms with E-state index in [4.69, 9.17) is 0 Å². The molecule has 0 aliphatic rings. The van der Waals surface area contributed by atoms with Gasteiger partial charge in [0.05, 0.1) is 10.6 Å². The molecule has 25 heavy (non-hydrogen) atoms. The van der Waals surface area contributed by atoms with Crippen LogP contribution in [0.4, 0.5) is 23.2 Å². The highest BCUT2D eigenvalue weighted by molar-refractivity contribution is 9.10. The number of alkyl halides is 3. The van der Waals surface area contributed by atoms with Crippen LogP contribution < -0.4 is 4.31 Å². The van der Waals surface area contributed by atoms with Gasteiger partial charge >= 0.3 is 6.18 Å². The Bertz CT molecular complexity index is 893. The van der Waals surface area contributed by atoms with Crippen molar-refractivity contribution in [1.82, 2.24) is 0 Å². The van der Waals surface area contributed by atoms with Gasteiger partial charge in [0, 0.05) is 16.7 Å². The lowest BCUT2D eigenvalue weighted by Gasteiger charge is -2.22. The second-order valence-electron chi connectivity index (χ2n) is 5.07. The summed E-state index contributed by atoms with van der Waals surface area (Å²) in [5, 5.41) is 0. The zero-order valence-corrected chi connectivity index (χ0v) is 15.2. The van der Waals surface area contributed by atoms with E-state index in [0.29, 0.717) is 10.5 Å².